The van der Waals surface area contributed by atoms with Crippen molar-refractivity contribution < 1.29 is 40.5 Å². The Hall–Kier alpha value is -5.64. The van der Waals surface area contributed by atoms with Crippen molar-refractivity contribution in [1.29, 1.82) is 10.8 Å². The van der Waals surface area contributed by atoms with Crippen LogP contribution in [0.15, 0.2) is 88.7 Å². The lowest BCUT2D eigenvalue weighted by Crippen LogP contribution is -2.12. The molecule has 41 heavy (non-hydrogen) atoms. The molecule has 15 heteroatoms. The molecule has 5 aromatic rings. The average molecular weight is 593 g/mol. The summed E-state index contributed by atoms with van der Waals surface area (Å²) in [6.07, 6.45) is 0. The number of phenolic OH excluding ortho intramolecular Hbond substituents is 3. The van der Waals surface area contributed by atoms with E-state index >= 15 is 0 Å². The van der Waals surface area contributed by atoms with E-state index in [1.807, 2.05) is 0 Å². The Bertz CT molecular complexity index is 2050. The molecule has 0 radical (unpaired) electrons. The molecular weight excluding hydrogens is 576 g/mol. The van der Waals surface area contributed by atoms with Crippen molar-refractivity contribution in [3.63, 3.8) is 0 Å². The van der Waals surface area contributed by atoms with E-state index in [1.54, 1.807) is 0 Å². The van der Waals surface area contributed by atoms with Gasteiger partial charge >= 0.3 is 31.6 Å². The molecule has 3 N–H and O–H groups in total. The summed E-state index contributed by atoms with van der Waals surface area (Å²) in [4.78, 5) is 5.11. The predicted octanol–water partition coefficient (Wildman–Crippen LogP) is 5.61. The topological polar surface area (TPSA) is 204 Å². The van der Waals surface area contributed by atoms with Gasteiger partial charge in [-0.3, -0.25) is 0 Å². The molecule has 0 aromatic heterocycles. The normalized spacial score (nSPS) is 11.6. The van der Waals surface area contributed by atoms with Gasteiger partial charge in [0, 0.05) is 51.9 Å². The molecule has 0 aliphatic carbocycles. The highest BCUT2D eigenvalue weighted by atomic mass is 32.2. The first-order valence-electron chi connectivity index (χ1n) is 11.4. The minimum atomic E-state index is -4.62. The van der Waals surface area contributed by atoms with Gasteiger partial charge in [0.15, 0.2) is 9.95 Å². The summed E-state index contributed by atoms with van der Waals surface area (Å²) >= 11 is 0. The zero-order valence-corrected chi connectivity index (χ0v) is 22.0. The fourth-order valence-corrected chi connectivity index (χ4v) is 6.46. The molecule has 0 aliphatic rings. The molecule has 0 unspecified atom stereocenters. The van der Waals surface area contributed by atoms with E-state index in [0.29, 0.717) is 0 Å². The Morgan fingerprint density at radius 3 is 1.37 bits per heavy atom. The van der Waals surface area contributed by atoms with E-state index in [1.165, 1.54) is 60.7 Å². The third kappa shape index (κ3) is 4.82. The number of benzene rings is 5. The lowest BCUT2D eigenvalue weighted by Gasteiger charge is -2.13. The molecule has 0 amide bonds. The van der Waals surface area contributed by atoms with Gasteiger partial charge in [0.1, 0.15) is 27.0 Å². The summed E-state index contributed by atoms with van der Waals surface area (Å²) in [6, 6.07) is 15.6. The van der Waals surface area contributed by atoms with Crippen LogP contribution in [0.1, 0.15) is 0 Å². The summed E-state index contributed by atoms with van der Waals surface area (Å²) in [5, 5.41) is 48.9. The summed E-state index contributed by atoms with van der Waals surface area (Å²) in [5.41, 5.74) is -0.372. The van der Waals surface area contributed by atoms with Gasteiger partial charge < -0.3 is 23.7 Å². The zero-order chi connectivity index (χ0) is 29.5. The van der Waals surface area contributed by atoms with E-state index in [-0.39, 0.29) is 42.7 Å². The second-order valence-electron chi connectivity index (χ2n) is 8.51. The molecule has 5 rings (SSSR count). The van der Waals surface area contributed by atoms with Gasteiger partial charge in [-0.05, 0) is 24.3 Å². The molecule has 0 saturated heterocycles. The van der Waals surface area contributed by atoms with Gasteiger partial charge in [0.2, 0.25) is 22.3 Å². The first-order chi connectivity index (χ1) is 19.4. The monoisotopic (exact) mass is 592 g/mol. The number of hydrogen-bond donors (Lipinski definition) is 3. The van der Waals surface area contributed by atoms with E-state index in [2.05, 4.69) is 9.95 Å². The van der Waals surface area contributed by atoms with E-state index < -0.39 is 49.0 Å². The molecule has 0 fully saturated rings. The van der Waals surface area contributed by atoms with Crippen molar-refractivity contribution in [3.05, 3.63) is 88.8 Å². The Kier molecular flexibility index (Phi) is 6.46. The second kappa shape index (κ2) is 9.83. The van der Waals surface area contributed by atoms with Crippen LogP contribution in [0.5, 0.6) is 28.7 Å². The van der Waals surface area contributed by atoms with Crippen molar-refractivity contribution in [2.24, 2.45) is 0 Å². The summed E-state index contributed by atoms with van der Waals surface area (Å²) in [6.45, 7) is 0. The van der Waals surface area contributed by atoms with Gasteiger partial charge in [0.25, 0.3) is 0 Å². The van der Waals surface area contributed by atoms with Crippen molar-refractivity contribution in [1.82, 2.24) is 0 Å². The van der Waals surface area contributed by atoms with Crippen molar-refractivity contribution in [3.8, 4) is 28.7 Å². The summed E-state index contributed by atoms with van der Waals surface area (Å²) in [5.74, 6) is -2.52. The van der Waals surface area contributed by atoms with E-state index in [9.17, 15) is 32.2 Å². The van der Waals surface area contributed by atoms with Crippen LogP contribution in [0.4, 0.5) is 11.4 Å². The van der Waals surface area contributed by atoms with Crippen LogP contribution in [0, 0.1) is 10.8 Å². The van der Waals surface area contributed by atoms with Crippen LogP contribution in [-0.2, 0) is 20.2 Å². The zero-order valence-electron chi connectivity index (χ0n) is 20.4. The maximum atomic E-state index is 13.2. The molecule has 0 saturated carbocycles. The smallest absolute Gasteiger partial charge is 0.426 e. The second-order valence-corrected chi connectivity index (χ2v) is 11.5. The summed E-state index contributed by atoms with van der Waals surface area (Å²) in [7, 11) is -9.25. The highest BCUT2D eigenvalue weighted by Crippen LogP contribution is 2.40. The molecule has 0 spiro atoms. The minimum absolute atomic E-state index is 0.0352. The van der Waals surface area contributed by atoms with Crippen molar-refractivity contribution >= 4 is 53.2 Å². The van der Waals surface area contributed by atoms with Crippen LogP contribution in [-0.4, -0.2) is 32.2 Å². The van der Waals surface area contributed by atoms with Gasteiger partial charge in [-0.25, -0.2) is 0 Å². The number of phenols is 3. The van der Waals surface area contributed by atoms with E-state index in [4.69, 9.17) is 19.2 Å². The van der Waals surface area contributed by atoms with Crippen LogP contribution in [0.2, 0.25) is 0 Å². The number of diazo groups is 2. The maximum Gasteiger partial charge on any atom is 0.426 e. The maximum absolute atomic E-state index is 13.2. The third-order valence-electron chi connectivity index (χ3n) is 5.97. The molecule has 0 aliphatic heterocycles. The molecule has 0 heterocycles. The quantitative estimate of drug-likeness (QED) is 0.163. The van der Waals surface area contributed by atoms with Crippen LogP contribution < -0.4 is 8.37 Å². The van der Waals surface area contributed by atoms with Crippen molar-refractivity contribution in [2.75, 3.05) is 0 Å². The number of aromatic hydroxyl groups is 3. The van der Waals surface area contributed by atoms with Crippen molar-refractivity contribution in [2.45, 2.75) is 9.79 Å². The number of rotatable bonds is 6. The summed E-state index contributed by atoms with van der Waals surface area (Å²) < 4.78 is 63.0. The van der Waals surface area contributed by atoms with Gasteiger partial charge in [-0.1, -0.05) is 24.3 Å². The molecule has 204 valence electrons. The van der Waals surface area contributed by atoms with E-state index in [0.717, 1.165) is 18.2 Å². The lowest BCUT2D eigenvalue weighted by molar-refractivity contribution is 0.453. The fourth-order valence-electron chi connectivity index (χ4n) is 4.20. The molecule has 0 atom stereocenters. The van der Waals surface area contributed by atoms with Crippen LogP contribution >= 0.6 is 0 Å². The number of fused-ring (bicyclic) bond motifs is 2. The fraction of sp³-hybridized carbons (Fsp3) is 0. The largest absolute Gasteiger partial charge is 0.508 e. The Balaban J connectivity index is 1.51. The average Bonchev–Trinajstić information content (AvgIpc) is 2.92. The highest BCUT2D eigenvalue weighted by Gasteiger charge is 2.27. The Labute approximate surface area is 231 Å². The number of nitrogens with zero attached hydrogens (tertiary/aromatic N) is 4. The first-order valence-corrected chi connectivity index (χ1v) is 14.2. The predicted molar refractivity (Wildman–Crippen MR) is 144 cm³/mol. The minimum Gasteiger partial charge on any atom is -0.508 e. The number of hydrogen-bond acceptors (Lipinski definition) is 11. The molecule has 13 nitrogen and oxygen atoms in total. The standard InChI is InChI=1S/C26H14N4O9S2/c27-29-21-9-7-17-19(25(21)32)3-1-5-23(17)40(34,35)38-15-11-14(31)12-16(13-15)39-41(36,37)24-6-2-4-20-18(24)8-10-22(30-28)26(20)33/h1-13H,(H-2,31,32,33)/p+2. The Morgan fingerprint density at radius 2 is 0.976 bits per heavy atom. The first kappa shape index (κ1) is 26.9. The van der Waals surface area contributed by atoms with Gasteiger partial charge in [-0.15, -0.1) is 0 Å². The molecule has 5 aromatic carbocycles. The molecule has 0 bridgehead atoms. The highest BCUT2D eigenvalue weighted by molar-refractivity contribution is 7.87. The Morgan fingerprint density at radius 1 is 0.561 bits per heavy atom. The molecular formula is C26H16N4O9S2+2. The van der Waals surface area contributed by atoms with Gasteiger partial charge in [-0.2, -0.15) is 16.8 Å². The van der Waals surface area contributed by atoms with Gasteiger partial charge in [0.05, 0.1) is 0 Å². The third-order valence-corrected chi connectivity index (χ3v) is 8.59. The SMILES string of the molecule is N#[N+]c1ccc2c(S(=O)(=O)Oc3cc(O)cc(OS(=O)(=O)c4cccc5c(O)c([N+]#N)ccc45)c3)cccc2c1O. The van der Waals surface area contributed by atoms with Crippen LogP contribution in [0.3, 0.4) is 0 Å². The lowest BCUT2D eigenvalue weighted by atomic mass is 10.1. The van der Waals surface area contributed by atoms with Crippen LogP contribution in [0.25, 0.3) is 31.5 Å².